The number of carbonyl (C=O) groups is 2. The summed E-state index contributed by atoms with van der Waals surface area (Å²) in [6.07, 6.45) is 4.09. The monoisotopic (exact) mass is 369 g/mol. The molecule has 0 unspecified atom stereocenters. The van der Waals surface area contributed by atoms with Crippen LogP contribution in [0.1, 0.15) is 36.2 Å². The van der Waals surface area contributed by atoms with Gasteiger partial charge in [0.15, 0.2) is 0 Å². The van der Waals surface area contributed by atoms with Gasteiger partial charge in [-0.05, 0) is 54.1 Å². The Kier molecular flexibility index (Phi) is 7.41. The normalized spacial score (nSPS) is 10.9. The Morgan fingerprint density at radius 1 is 1.08 bits per heavy atom. The first-order valence-corrected chi connectivity index (χ1v) is 9.58. The zero-order valence-corrected chi connectivity index (χ0v) is 16.0. The summed E-state index contributed by atoms with van der Waals surface area (Å²) in [6.45, 7) is 3.98. The van der Waals surface area contributed by atoms with Crippen LogP contribution in [0.5, 0.6) is 0 Å². The summed E-state index contributed by atoms with van der Waals surface area (Å²) in [4.78, 5) is 25.0. The van der Waals surface area contributed by atoms with Crippen molar-refractivity contribution in [1.29, 1.82) is 0 Å². The number of thioether (sulfide) groups is 1. The van der Waals surface area contributed by atoms with Gasteiger partial charge in [0.1, 0.15) is 0 Å². The van der Waals surface area contributed by atoms with Crippen LogP contribution in [0.3, 0.4) is 0 Å². The smallest absolute Gasteiger partial charge is 0.271 e. The fraction of sp³-hybridized carbons (Fsp3) is 0.250. The van der Waals surface area contributed by atoms with Gasteiger partial charge >= 0.3 is 0 Å². The molecular weight excluding hydrogens is 346 g/mol. The van der Waals surface area contributed by atoms with Crippen molar-refractivity contribution in [1.82, 2.24) is 5.43 Å². The van der Waals surface area contributed by atoms with E-state index in [-0.39, 0.29) is 11.8 Å². The first-order valence-electron chi connectivity index (χ1n) is 8.35. The van der Waals surface area contributed by atoms with Gasteiger partial charge in [-0.25, -0.2) is 5.43 Å². The van der Waals surface area contributed by atoms with Crippen LogP contribution >= 0.6 is 11.8 Å². The van der Waals surface area contributed by atoms with E-state index < -0.39 is 0 Å². The Balaban J connectivity index is 1.88. The Hall–Kier alpha value is -2.60. The molecule has 5 nitrogen and oxygen atoms in total. The van der Waals surface area contributed by atoms with Gasteiger partial charge in [0.05, 0.1) is 6.21 Å². The fourth-order valence-electron chi connectivity index (χ4n) is 2.21. The molecule has 0 saturated carbocycles. The lowest BCUT2D eigenvalue weighted by Gasteiger charge is -2.07. The van der Waals surface area contributed by atoms with E-state index >= 15 is 0 Å². The largest absolute Gasteiger partial charge is 0.326 e. The average molecular weight is 369 g/mol. The van der Waals surface area contributed by atoms with Crippen molar-refractivity contribution in [3.63, 3.8) is 0 Å². The number of amides is 2. The molecule has 0 aliphatic rings. The van der Waals surface area contributed by atoms with E-state index in [4.69, 9.17) is 0 Å². The van der Waals surface area contributed by atoms with Crippen molar-refractivity contribution in [3.05, 3.63) is 59.7 Å². The standard InChI is InChI=1S/C20H23N3O2S/c1-14(2)12-19(24)22-17-8-6-16(7-9-17)20(25)23-21-13-15-4-10-18(26-3)11-5-15/h4-11,13-14H,12H2,1-3H3,(H,22,24)(H,23,25). The second kappa shape index (κ2) is 9.77. The lowest BCUT2D eigenvalue weighted by atomic mass is 10.1. The lowest BCUT2D eigenvalue weighted by Crippen LogP contribution is -2.18. The molecule has 0 aliphatic heterocycles. The van der Waals surface area contributed by atoms with Crippen LogP contribution in [0, 0.1) is 5.92 Å². The number of rotatable bonds is 7. The minimum absolute atomic E-state index is 0.0331. The molecule has 2 aromatic carbocycles. The number of nitrogens with one attached hydrogen (secondary N) is 2. The molecule has 0 saturated heterocycles. The zero-order chi connectivity index (χ0) is 18.9. The Bertz CT molecular complexity index is 769. The number of anilines is 1. The van der Waals surface area contributed by atoms with Crippen LogP contribution in [0.25, 0.3) is 0 Å². The average Bonchev–Trinajstić information content (AvgIpc) is 2.62. The third-order valence-electron chi connectivity index (χ3n) is 3.52. The molecule has 0 bridgehead atoms. The zero-order valence-electron chi connectivity index (χ0n) is 15.2. The van der Waals surface area contributed by atoms with Crippen LogP contribution in [-0.2, 0) is 4.79 Å². The molecule has 2 rings (SSSR count). The first-order chi connectivity index (χ1) is 12.5. The van der Waals surface area contributed by atoms with Gasteiger partial charge in [0.25, 0.3) is 5.91 Å². The third kappa shape index (κ3) is 6.37. The summed E-state index contributed by atoms with van der Waals surface area (Å²) >= 11 is 1.67. The van der Waals surface area contributed by atoms with E-state index in [2.05, 4.69) is 15.8 Å². The maximum Gasteiger partial charge on any atom is 0.271 e. The Morgan fingerprint density at radius 2 is 1.73 bits per heavy atom. The number of hydrogen-bond acceptors (Lipinski definition) is 4. The van der Waals surface area contributed by atoms with Crippen molar-refractivity contribution in [2.75, 3.05) is 11.6 Å². The Morgan fingerprint density at radius 3 is 2.31 bits per heavy atom. The molecule has 2 N–H and O–H groups in total. The van der Waals surface area contributed by atoms with Crippen LogP contribution < -0.4 is 10.7 Å². The SMILES string of the molecule is CSc1ccc(C=NNC(=O)c2ccc(NC(=O)CC(C)C)cc2)cc1. The maximum absolute atomic E-state index is 12.1. The number of hydrazone groups is 1. The van der Waals surface area contributed by atoms with Crippen molar-refractivity contribution in [2.24, 2.45) is 11.0 Å². The highest BCUT2D eigenvalue weighted by Gasteiger charge is 2.07. The minimum Gasteiger partial charge on any atom is -0.326 e. The van der Waals surface area contributed by atoms with Crippen LogP contribution in [-0.4, -0.2) is 24.3 Å². The van der Waals surface area contributed by atoms with Gasteiger partial charge in [-0.3, -0.25) is 9.59 Å². The highest BCUT2D eigenvalue weighted by molar-refractivity contribution is 7.98. The number of carbonyl (C=O) groups excluding carboxylic acids is 2. The summed E-state index contributed by atoms with van der Waals surface area (Å²) in [5, 5.41) is 6.79. The van der Waals surface area contributed by atoms with Crippen molar-refractivity contribution >= 4 is 35.5 Å². The van der Waals surface area contributed by atoms with Crippen molar-refractivity contribution in [3.8, 4) is 0 Å². The topological polar surface area (TPSA) is 70.6 Å². The molecular formula is C20H23N3O2S. The highest BCUT2D eigenvalue weighted by Crippen LogP contribution is 2.14. The molecule has 2 aromatic rings. The Labute approximate surface area is 158 Å². The predicted octanol–water partition coefficient (Wildman–Crippen LogP) is 4.16. The maximum atomic E-state index is 12.1. The van der Waals surface area contributed by atoms with E-state index in [9.17, 15) is 9.59 Å². The van der Waals surface area contributed by atoms with E-state index in [0.29, 0.717) is 23.6 Å². The van der Waals surface area contributed by atoms with Crippen LogP contribution in [0.15, 0.2) is 58.5 Å². The number of nitrogens with zero attached hydrogens (tertiary/aromatic N) is 1. The van der Waals surface area contributed by atoms with E-state index in [1.807, 2.05) is 44.4 Å². The molecule has 0 fully saturated rings. The van der Waals surface area contributed by atoms with Gasteiger partial charge in [-0.15, -0.1) is 11.8 Å². The molecule has 0 radical (unpaired) electrons. The van der Waals surface area contributed by atoms with Crippen LogP contribution in [0.2, 0.25) is 0 Å². The summed E-state index contributed by atoms with van der Waals surface area (Å²) in [7, 11) is 0. The molecule has 26 heavy (non-hydrogen) atoms. The lowest BCUT2D eigenvalue weighted by molar-refractivity contribution is -0.116. The summed E-state index contributed by atoms with van der Waals surface area (Å²) in [5.41, 5.74) is 4.55. The first kappa shape index (κ1) is 19.7. The third-order valence-corrected chi connectivity index (χ3v) is 4.26. The second-order valence-corrected chi connectivity index (χ2v) is 7.08. The predicted molar refractivity (Wildman–Crippen MR) is 108 cm³/mol. The van der Waals surface area contributed by atoms with Gasteiger partial charge in [0.2, 0.25) is 5.91 Å². The van der Waals surface area contributed by atoms with Crippen molar-refractivity contribution in [2.45, 2.75) is 25.2 Å². The van der Waals surface area contributed by atoms with Gasteiger partial charge < -0.3 is 5.32 Å². The number of benzene rings is 2. The summed E-state index contributed by atoms with van der Waals surface area (Å²) in [5.74, 6) is -0.0359. The molecule has 0 heterocycles. The van der Waals surface area contributed by atoms with Crippen LogP contribution in [0.4, 0.5) is 5.69 Å². The molecule has 0 atom stereocenters. The van der Waals surface area contributed by atoms with Gasteiger partial charge in [-0.1, -0.05) is 26.0 Å². The molecule has 2 amide bonds. The second-order valence-electron chi connectivity index (χ2n) is 6.20. The highest BCUT2D eigenvalue weighted by atomic mass is 32.2. The molecule has 0 aliphatic carbocycles. The summed E-state index contributed by atoms with van der Waals surface area (Å²) in [6, 6.07) is 14.6. The molecule has 0 spiro atoms. The molecule has 136 valence electrons. The van der Waals surface area contributed by atoms with E-state index in [1.54, 1.807) is 42.2 Å². The summed E-state index contributed by atoms with van der Waals surface area (Å²) < 4.78 is 0. The fourth-order valence-corrected chi connectivity index (χ4v) is 2.62. The molecule has 6 heteroatoms. The quantitative estimate of drug-likeness (QED) is 0.437. The van der Waals surface area contributed by atoms with Gasteiger partial charge in [0, 0.05) is 22.6 Å². The van der Waals surface area contributed by atoms with Gasteiger partial charge in [-0.2, -0.15) is 5.10 Å². The minimum atomic E-state index is -0.304. The van der Waals surface area contributed by atoms with E-state index in [0.717, 1.165) is 5.56 Å². The van der Waals surface area contributed by atoms with E-state index in [1.165, 1.54) is 4.90 Å². The van der Waals surface area contributed by atoms with Crippen molar-refractivity contribution < 1.29 is 9.59 Å². The number of hydrogen-bond donors (Lipinski definition) is 2. The molecule has 0 aromatic heterocycles.